The normalized spacial score (nSPS) is 9.09. The Hall–Kier alpha value is -1.34. The van der Waals surface area contributed by atoms with Gasteiger partial charge in [0.05, 0.1) is 0 Å². The number of nitrogens with zero attached hydrogens (tertiary/aromatic N) is 1. The number of thiophene rings is 1. The average Bonchev–Trinajstić information content (AvgIpc) is 2.30. The number of Topliss-reactive ketones (excluding diaryl/α,β-unsaturated/α-hetero) is 1. The highest BCUT2D eigenvalue weighted by atomic mass is 32.1. The van der Waals surface area contributed by atoms with Gasteiger partial charge < -0.3 is 5.11 Å². The van der Waals surface area contributed by atoms with Crippen molar-refractivity contribution in [3.8, 4) is 11.8 Å². The van der Waals surface area contributed by atoms with Crippen LogP contribution in [0.1, 0.15) is 22.2 Å². The molecule has 0 spiro atoms. The molecule has 0 fully saturated rings. The Bertz CT molecular complexity index is 335. The van der Waals surface area contributed by atoms with E-state index in [1.165, 1.54) is 12.3 Å². The molecule has 3 nitrogen and oxygen atoms in total. The van der Waals surface area contributed by atoms with E-state index in [1.54, 1.807) is 6.07 Å². The van der Waals surface area contributed by atoms with Gasteiger partial charge in [0.15, 0.2) is 11.5 Å². The zero-order valence-corrected chi connectivity index (χ0v) is 6.60. The summed E-state index contributed by atoms with van der Waals surface area (Å²) in [5, 5.41) is 19.0. The Morgan fingerprint density at radius 1 is 1.82 bits per heavy atom. The van der Waals surface area contributed by atoms with E-state index in [-0.39, 0.29) is 22.0 Å². The Balaban J connectivity index is 3.24. The predicted octanol–water partition coefficient (Wildman–Crippen LogP) is 1.53. The number of hydrogen-bond acceptors (Lipinski definition) is 4. The van der Waals surface area contributed by atoms with E-state index in [0.717, 1.165) is 11.3 Å². The third-order valence-electron chi connectivity index (χ3n) is 1.21. The van der Waals surface area contributed by atoms with Crippen molar-refractivity contribution < 1.29 is 9.90 Å². The highest BCUT2D eigenvalue weighted by Crippen LogP contribution is 2.28. The number of rotatable bonds is 1. The monoisotopic (exact) mass is 167 g/mol. The van der Waals surface area contributed by atoms with Crippen LogP contribution in [-0.4, -0.2) is 10.9 Å². The number of hydrogen-bond donors (Lipinski definition) is 1. The van der Waals surface area contributed by atoms with Gasteiger partial charge in [-0.25, -0.2) is 0 Å². The van der Waals surface area contributed by atoms with Crippen LogP contribution in [0.25, 0.3) is 0 Å². The van der Waals surface area contributed by atoms with Crippen LogP contribution in [0, 0.1) is 11.3 Å². The Kier molecular flexibility index (Phi) is 1.92. The lowest BCUT2D eigenvalue weighted by Gasteiger charge is -1.88. The van der Waals surface area contributed by atoms with Crippen LogP contribution >= 0.6 is 11.3 Å². The van der Waals surface area contributed by atoms with Crippen molar-refractivity contribution in [3.05, 3.63) is 15.8 Å². The molecule has 0 aliphatic carbocycles. The predicted molar refractivity (Wildman–Crippen MR) is 40.7 cm³/mol. The lowest BCUT2D eigenvalue weighted by molar-refractivity contribution is 0.101. The second kappa shape index (κ2) is 2.72. The summed E-state index contributed by atoms with van der Waals surface area (Å²) in [7, 11) is 0. The molecular formula is C7H5NO2S. The van der Waals surface area contributed by atoms with Crippen LogP contribution in [0.4, 0.5) is 0 Å². The first kappa shape index (κ1) is 7.76. The summed E-state index contributed by atoms with van der Waals surface area (Å²) < 4.78 is 0. The number of carbonyl (C=O) groups excluding carboxylic acids is 1. The fourth-order valence-corrected chi connectivity index (χ4v) is 1.47. The van der Waals surface area contributed by atoms with Crippen molar-refractivity contribution in [3.63, 3.8) is 0 Å². The maximum atomic E-state index is 10.7. The molecule has 0 aliphatic rings. The van der Waals surface area contributed by atoms with Gasteiger partial charge in [0.2, 0.25) is 0 Å². The molecule has 1 rings (SSSR count). The van der Waals surface area contributed by atoms with E-state index < -0.39 is 0 Å². The van der Waals surface area contributed by atoms with Crippen molar-refractivity contribution in [2.75, 3.05) is 0 Å². The molecule has 1 heterocycles. The molecule has 1 aromatic rings. The molecule has 0 aromatic carbocycles. The molecule has 1 aromatic heterocycles. The number of aromatic hydroxyl groups is 1. The number of carbonyl (C=O) groups is 1. The topological polar surface area (TPSA) is 61.1 Å². The van der Waals surface area contributed by atoms with Gasteiger partial charge in [-0.2, -0.15) is 5.26 Å². The van der Waals surface area contributed by atoms with Crippen LogP contribution in [0.15, 0.2) is 5.38 Å². The van der Waals surface area contributed by atoms with Crippen molar-refractivity contribution in [2.45, 2.75) is 6.92 Å². The zero-order chi connectivity index (χ0) is 8.43. The highest BCUT2D eigenvalue weighted by Gasteiger charge is 2.12. The van der Waals surface area contributed by atoms with E-state index >= 15 is 0 Å². The van der Waals surface area contributed by atoms with Gasteiger partial charge in [0.1, 0.15) is 16.5 Å². The van der Waals surface area contributed by atoms with Crippen molar-refractivity contribution in [1.29, 1.82) is 5.26 Å². The summed E-state index contributed by atoms with van der Waals surface area (Å²) in [4.78, 5) is 11.0. The van der Waals surface area contributed by atoms with Gasteiger partial charge in [0, 0.05) is 12.3 Å². The molecule has 0 radical (unpaired) electrons. The summed E-state index contributed by atoms with van der Waals surface area (Å²) >= 11 is 1.09. The minimum atomic E-state index is -0.214. The Morgan fingerprint density at radius 2 is 2.45 bits per heavy atom. The average molecular weight is 167 g/mol. The second-order valence-electron chi connectivity index (χ2n) is 2.00. The van der Waals surface area contributed by atoms with E-state index in [0.29, 0.717) is 0 Å². The maximum Gasteiger partial charge on any atom is 0.173 e. The largest absolute Gasteiger partial charge is 0.505 e. The van der Waals surface area contributed by atoms with Crippen molar-refractivity contribution in [1.82, 2.24) is 0 Å². The summed E-state index contributed by atoms with van der Waals surface area (Å²) in [6.45, 7) is 1.35. The fraction of sp³-hybridized carbons (Fsp3) is 0.143. The molecule has 0 amide bonds. The van der Waals surface area contributed by atoms with Crippen molar-refractivity contribution >= 4 is 17.1 Å². The lowest BCUT2D eigenvalue weighted by atomic mass is 10.2. The number of ketones is 1. The van der Waals surface area contributed by atoms with Crippen LogP contribution in [-0.2, 0) is 0 Å². The molecule has 11 heavy (non-hydrogen) atoms. The second-order valence-corrected chi connectivity index (χ2v) is 2.87. The third-order valence-corrected chi connectivity index (χ3v) is 2.28. The van der Waals surface area contributed by atoms with Crippen LogP contribution in [0.2, 0.25) is 0 Å². The van der Waals surface area contributed by atoms with Crippen LogP contribution in [0.3, 0.4) is 0 Å². The quantitative estimate of drug-likeness (QED) is 0.645. The van der Waals surface area contributed by atoms with Gasteiger partial charge in [-0.15, -0.1) is 11.3 Å². The molecule has 0 atom stereocenters. The summed E-state index contributed by atoms with van der Waals surface area (Å²) in [6.07, 6.45) is 0. The van der Waals surface area contributed by atoms with Gasteiger partial charge in [-0.05, 0) is 0 Å². The first-order valence-electron chi connectivity index (χ1n) is 2.88. The van der Waals surface area contributed by atoms with Crippen LogP contribution < -0.4 is 0 Å². The van der Waals surface area contributed by atoms with E-state index in [9.17, 15) is 4.79 Å². The summed E-state index contributed by atoms with van der Waals surface area (Å²) in [5.74, 6) is -0.404. The molecular weight excluding hydrogens is 162 g/mol. The van der Waals surface area contributed by atoms with Gasteiger partial charge in [-0.3, -0.25) is 4.79 Å². The fourth-order valence-electron chi connectivity index (χ4n) is 0.681. The first-order valence-corrected chi connectivity index (χ1v) is 3.76. The minimum absolute atomic E-state index is 0.167. The molecule has 4 heteroatoms. The van der Waals surface area contributed by atoms with Gasteiger partial charge in [-0.1, -0.05) is 0 Å². The van der Waals surface area contributed by atoms with E-state index in [4.69, 9.17) is 10.4 Å². The Labute approximate surface area is 67.5 Å². The zero-order valence-electron chi connectivity index (χ0n) is 5.79. The number of nitriles is 1. The summed E-state index contributed by atoms with van der Waals surface area (Å²) in [5.41, 5.74) is 0.167. The van der Waals surface area contributed by atoms with E-state index in [2.05, 4.69) is 0 Å². The molecule has 0 saturated heterocycles. The first-order chi connectivity index (χ1) is 5.16. The SMILES string of the molecule is CC(=O)c1scc(C#N)c1O. The smallest absolute Gasteiger partial charge is 0.173 e. The third kappa shape index (κ3) is 1.23. The minimum Gasteiger partial charge on any atom is -0.505 e. The van der Waals surface area contributed by atoms with Crippen LogP contribution in [0.5, 0.6) is 5.75 Å². The molecule has 0 aliphatic heterocycles. The van der Waals surface area contributed by atoms with Gasteiger partial charge in [0.25, 0.3) is 0 Å². The molecule has 1 N–H and O–H groups in total. The molecule has 56 valence electrons. The van der Waals surface area contributed by atoms with E-state index in [1.807, 2.05) is 0 Å². The molecule has 0 saturated carbocycles. The maximum absolute atomic E-state index is 10.7. The molecule has 0 bridgehead atoms. The Morgan fingerprint density at radius 3 is 2.73 bits per heavy atom. The summed E-state index contributed by atoms with van der Waals surface area (Å²) in [6, 6.07) is 1.78. The molecule has 0 unspecified atom stereocenters. The van der Waals surface area contributed by atoms with Crippen molar-refractivity contribution in [2.24, 2.45) is 0 Å². The van der Waals surface area contributed by atoms with Gasteiger partial charge >= 0.3 is 0 Å². The standard InChI is InChI=1S/C7H5NO2S/c1-4(9)7-6(10)5(2-8)3-11-7/h3,10H,1H3. The lowest BCUT2D eigenvalue weighted by Crippen LogP contribution is -1.86. The highest BCUT2D eigenvalue weighted by molar-refractivity contribution is 7.12.